The van der Waals surface area contributed by atoms with Crippen molar-refractivity contribution in [2.45, 2.75) is 36.0 Å². The van der Waals surface area contributed by atoms with Crippen molar-refractivity contribution in [3.8, 4) is 0 Å². The number of sulfone groups is 1. The second-order valence-electron chi connectivity index (χ2n) is 7.45. The van der Waals surface area contributed by atoms with Crippen molar-refractivity contribution < 1.29 is 18.0 Å². The maximum Gasteiger partial charge on any atom is 0.198 e. The Morgan fingerprint density at radius 3 is 2.55 bits per heavy atom. The number of halogens is 1. The molecule has 0 spiro atoms. The summed E-state index contributed by atoms with van der Waals surface area (Å²) in [7, 11) is -3.34. The summed E-state index contributed by atoms with van der Waals surface area (Å²) in [6.07, 6.45) is 1.24. The minimum Gasteiger partial charge on any atom is -0.294 e. The molecular weight excluding hydrogens is 428 g/mol. The summed E-state index contributed by atoms with van der Waals surface area (Å²) in [6, 6.07) is 12.5. The van der Waals surface area contributed by atoms with E-state index in [0.29, 0.717) is 18.4 Å². The summed E-state index contributed by atoms with van der Waals surface area (Å²) in [5.41, 5.74) is 0.859. The first-order valence-corrected chi connectivity index (χ1v) is 12.2. The Balaban J connectivity index is 1.79. The van der Waals surface area contributed by atoms with Gasteiger partial charge >= 0.3 is 0 Å². The highest BCUT2D eigenvalue weighted by Gasteiger charge is 2.35. The minimum atomic E-state index is -3.34. The van der Waals surface area contributed by atoms with Gasteiger partial charge < -0.3 is 0 Å². The van der Waals surface area contributed by atoms with Crippen molar-refractivity contribution in [2.75, 3.05) is 5.75 Å². The van der Waals surface area contributed by atoms with Gasteiger partial charge in [0.1, 0.15) is 0 Å². The molecule has 1 aliphatic heterocycles. The number of thioether (sulfide) groups is 1. The van der Waals surface area contributed by atoms with Crippen LogP contribution in [0.1, 0.15) is 35.7 Å². The molecule has 0 fully saturated rings. The average molecular weight is 447 g/mol. The molecule has 150 valence electrons. The van der Waals surface area contributed by atoms with Crippen molar-refractivity contribution >= 4 is 44.8 Å². The molecule has 4 nitrogen and oxygen atoms in total. The number of carbonyl (C=O) groups is 2. The Labute approximate surface area is 179 Å². The summed E-state index contributed by atoms with van der Waals surface area (Å²) >= 11 is 7.89. The van der Waals surface area contributed by atoms with Gasteiger partial charge in [0.2, 0.25) is 0 Å². The number of fused-ring (bicyclic) bond motifs is 1. The van der Waals surface area contributed by atoms with E-state index in [9.17, 15) is 18.0 Å². The molecule has 0 aromatic heterocycles. The Morgan fingerprint density at radius 1 is 1.10 bits per heavy atom. The normalized spacial score (nSPS) is 20.6. The number of allylic oxidation sites excluding steroid dienone is 2. The number of Topliss-reactive ketones (excluding diaryl/α,β-unsaturated/α-hetero) is 2. The van der Waals surface area contributed by atoms with Crippen molar-refractivity contribution in [3.05, 3.63) is 69.1 Å². The molecule has 0 N–H and O–H groups in total. The number of hydrogen-bond acceptors (Lipinski definition) is 5. The number of rotatable bonds is 4. The van der Waals surface area contributed by atoms with Crippen LogP contribution in [-0.2, 0) is 21.1 Å². The van der Waals surface area contributed by atoms with E-state index < -0.39 is 15.6 Å². The second kappa shape index (κ2) is 7.74. The fourth-order valence-corrected chi connectivity index (χ4v) is 7.03. The van der Waals surface area contributed by atoms with E-state index in [4.69, 9.17) is 11.6 Å². The molecule has 1 atom stereocenters. The molecule has 1 aliphatic carbocycles. The highest BCUT2D eigenvalue weighted by Crippen LogP contribution is 2.41. The maximum absolute atomic E-state index is 13.4. The summed E-state index contributed by atoms with van der Waals surface area (Å²) in [6.45, 7) is 2.00. The highest BCUT2D eigenvalue weighted by molar-refractivity contribution is 8.03. The predicted molar refractivity (Wildman–Crippen MR) is 114 cm³/mol. The summed E-state index contributed by atoms with van der Waals surface area (Å²) in [4.78, 5) is 28.1. The zero-order valence-corrected chi connectivity index (χ0v) is 18.2. The monoisotopic (exact) mass is 446 g/mol. The van der Waals surface area contributed by atoms with Crippen LogP contribution in [0.15, 0.2) is 62.7 Å². The topological polar surface area (TPSA) is 68.3 Å². The molecule has 7 heteroatoms. The predicted octanol–water partition coefficient (Wildman–Crippen LogP) is 4.90. The van der Waals surface area contributed by atoms with Gasteiger partial charge in [-0.1, -0.05) is 48.5 Å². The van der Waals surface area contributed by atoms with Crippen molar-refractivity contribution in [2.24, 2.45) is 5.92 Å². The molecule has 2 aromatic carbocycles. The lowest BCUT2D eigenvalue weighted by Gasteiger charge is -2.23. The van der Waals surface area contributed by atoms with E-state index in [-0.39, 0.29) is 44.9 Å². The van der Waals surface area contributed by atoms with Crippen LogP contribution in [0.5, 0.6) is 0 Å². The molecule has 0 amide bonds. The molecule has 0 radical (unpaired) electrons. The Morgan fingerprint density at radius 2 is 1.83 bits per heavy atom. The molecule has 0 saturated carbocycles. The fraction of sp³-hybridized carbons (Fsp3) is 0.273. The van der Waals surface area contributed by atoms with Crippen LogP contribution >= 0.6 is 23.4 Å². The van der Waals surface area contributed by atoms with Crippen molar-refractivity contribution in [1.29, 1.82) is 0 Å². The highest BCUT2D eigenvalue weighted by atomic mass is 35.5. The molecular formula is C22H19ClO4S2. The van der Waals surface area contributed by atoms with E-state index in [1.54, 1.807) is 0 Å². The van der Waals surface area contributed by atoms with Gasteiger partial charge in [-0.15, -0.1) is 0 Å². The smallest absolute Gasteiger partial charge is 0.198 e. The van der Waals surface area contributed by atoms with Crippen LogP contribution in [0.2, 0.25) is 5.02 Å². The van der Waals surface area contributed by atoms with Crippen molar-refractivity contribution in [1.82, 2.24) is 0 Å². The molecule has 4 rings (SSSR count). The van der Waals surface area contributed by atoms with E-state index in [0.717, 1.165) is 9.80 Å². The van der Waals surface area contributed by atoms with Crippen LogP contribution in [0.4, 0.5) is 0 Å². The van der Waals surface area contributed by atoms with Gasteiger partial charge in [-0.2, -0.15) is 0 Å². The van der Waals surface area contributed by atoms with E-state index in [2.05, 4.69) is 0 Å². The first-order valence-electron chi connectivity index (χ1n) is 9.36. The van der Waals surface area contributed by atoms with Gasteiger partial charge in [-0.05, 0) is 48.6 Å². The lowest BCUT2D eigenvalue weighted by Crippen LogP contribution is -2.23. The van der Waals surface area contributed by atoms with E-state index in [1.807, 2.05) is 37.3 Å². The average Bonchev–Trinajstić information content (AvgIpc) is 2.98. The molecule has 1 heterocycles. The van der Waals surface area contributed by atoms with E-state index in [1.165, 1.54) is 23.9 Å². The standard InChI is InChI=1S/C22H19ClO4S2/c1-13-11-17(24)20(18(12-13)28-14-5-3-2-4-6-14)22(25)16-7-8-19-15(21(16)23)9-10-29(19,26)27/h2-8,13H,9-12H2,1H3. The second-order valence-corrected chi connectivity index (χ2v) is 11.1. The van der Waals surface area contributed by atoms with Crippen LogP contribution in [-0.4, -0.2) is 25.7 Å². The molecule has 29 heavy (non-hydrogen) atoms. The number of ketones is 2. The molecule has 1 unspecified atom stereocenters. The number of carbonyl (C=O) groups excluding carboxylic acids is 2. The largest absolute Gasteiger partial charge is 0.294 e. The van der Waals surface area contributed by atoms with Crippen LogP contribution in [0.25, 0.3) is 0 Å². The van der Waals surface area contributed by atoms with Crippen LogP contribution in [0, 0.1) is 5.92 Å². The summed E-state index contributed by atoms with van der Waals surface area (Å²) < 4.78 is 24.2. The molecule has 0 saturated heterocycles. The first kappa shape index (κ1) is 20.4. The fourth-order valence-electron chi connectivity index (χ4n) is 3.83. The Bertz CT molecular complexity index is 1150. The molecule has 2 aliphatic rings. The summed E-state index contributed by atoms with van der Waals surface area (Å²) in [5, 5.41) is 0.150. The van der Waals surface area contributed by atoms with Gasteiger partial charge in [0.05, 0.1) is 21.2 Å². The third kappa shape index (κ3) is 3.81. The van der Waals surface area contributed by atoms with Crippen LogP contribution < -0.4 is 0 Å². The SMILES string of the molecule is CC1CC(=O)C(C(=O)c2ccc3c(c2Cl)CCS3(=O)=O)=C(Sc2ccccc2)C1. The zero-order chi connectivity index (χ0) is 20.8. The molecule has 0 bridgehead atoms. The minimum absolute atomic E-state index is 0.00600. The van der Waals surface area contributed by atoms with Crippen LogP contribution in [0.3, 0.4) is 0 Å². The Hall–Kier alpha value is -1.89. The lowest BCUT2D eigenvalue weighted by molar-refractivity contribution is -0.116. The van der Waals surface area contributed by atoms with Gasteiger partial charge in [0.15, 0.2) is 21.4 Å². The first-order chi connectivity index (χ1) is 13.8. The maximum atomic E-state index is 13.4. The lowest BCUT2D eigenvalue weighted by atomic mass is 9.86. The van der Waals surface area contributed by atoms with Gasteiger partial charge in [-0.25, -0.2) is 8.42 Å². The molecule has 2 aromatic rings. The van der Waals surface area contributed by atoms with Crippen molar-refractivity contribution in [3.63, 3.8) is 0 Å². The third-order valence-corrected chi connectivity index (χ3v) is 8.59. The van der Waals surface area contributed by atoms with Gasteiger partial charge in [0.25, 0.3) is 0 Å². The summed E-state index contributed by atoms with van der Waals surface area (Å²) in [5.74, 6) is -0.451. The van der Waals surface area contributed by atoms with E-state index >= 15 is 0 Å². The van der Waals surface area contributed by atoms with Gasteiger partial charge in [0, 0.05) is 21.8 Å². The Kier molecular flexibility index (Phi) is 5.44. The van der Waals surface area contributed by atoms with Gasteiger partial charge in [-0.3, -0.25) is 9.59 Å². The number of benzene rings is 2. The quantitative estimate of drug-likeness (QED) is 0.493. The third-order valence-electron chi connectivity index (χ3n) is 5.24. The number of hydrogen-bond donors (Lipinski definition) is 0. The zero-order valence-electron chi connectivity index (χ0n) is 15.8.